The molecule has 0 spiro atoms. The molecule has 1 aliphatic rings. The van der Waals surface area contributed by atoms with Crippen molar-refractivity contribution in [2.75, 3.05) is 0 Å². The van der Waals surface area contributed by atoms with Gasteiger partial charge >= 0.3 is 5.76 Å². The number of nitrogens with zero attached hydrogens (tertiary/aromatic N) is 2. The molecule has 1 aromatic heterocycles. The van der Waals surface area contributed by atoms with Crippen molar-refractivity contribution in [1.82, 2.24) is 15.3 Å². The lowest BCUT2D eigenvalue weighted by Crippen LogP contribution is -2.36. The Bertz CT molecular complexity index is 846. The van der Waals surface area contributed by atoms with Crippen molar-refractivity contribution in [3.8, 4) is 0 Å². The minimum atomic E-state index is -0.427. The second-order valence-electron chi connectivity index (χ2n) is 5.01. The lowest BCUT2D eigenvalue weighted by Gasteiger charge is -2.12. The topological polar surface area (TPSA) is 106 Å². The van der Waals surface area contributed by atoms with E-state index >= 15 is 0 Å². The Kier molecular flexibility index (Phi) is 3.50. The van der Waals surface area contributed by atoms with Gasteiger partial charge in [0.05, 0.1) is 5.52 Å². The van der Waals surface area contributed by atoms with Crippen LogP contribution in [-0.4, -0.2) is 22.1 Å². The van der Waals surface area contributed by atoms with Crippen molar-refractivity contribution in [3.63, 3.8) is 0 Å². The molecule has 2 heterocycles. The maximum Gasteiger partial charge on any atom is 0.419 e. The molecule has 0 atom stereocenters. The van der Waals surface area contributed by atoms with Gasteiger partial charge in [-0.2, -0.15) is 5.10 Å². The first-order chi connectivity index (χ1) is 10.5. The van der Waals surface area contributed by atoms with Crippen molar-refractivity contribution in [2.24, 2.45) is 12.1 Å². The SMILES string of the molecule is Cn1c(=O)oc2ccc(CNC(=O)C3=NNC(=O)CC3)cc21. The van der Waals surface area contributed by atoms with Gasteiger partial charge in [0.15, 0.2) is 5.58 Å². The molecule has 0 saturated heterocycles. The van der Waals surface area contributed by atoms with Crippen LogP contribution in [0.2, 0.25) is 0 Å². The summed E-state index contributed by atoms with van der Waals surface area (Å²) in [4.78, 5) is 34.4. The molecule has 1 aliphatic heterocycles. The molecule has 3 rings (SSSR count). The van der Waals surface area contributed by atoms with Gasteiger partial charge in [-0.05, 0) is 17.7 Å². The fraction of sp³-hybridized carbons (Fsp3) is 0.286. The number of carbonyl (C=O) groups excluding carboxylic acids is 2. The highest BCUT2D eigenvalue weighted by atomic mass is 16.4. The zero-order valence-corrected chi connectivity index (χ0v) is 11.9. The van der Waals surface area contributed by atoms with Crippen LogP contribution in [0, 0.1) is 0 Å². The van der Waals surface area contributed by atoms with Crippen molar-refractivity contribution in [2.45, 2.75) is 19.4 Å². The monoisotopic (exact) mass is 302 g/mol. The van der Waals surface area contributed by atoms with Crippen molar-refractivity contribution in [3.05, 3.63) is 34.3 Å². The number of hydrazone groups is 1. The van der Waals surface area contributed by atoms with E-state index in [4.69, 9.17) is 4.42 Å². The number of nitrogens with one attached hydrogen (secondary N) is 2. The lowest BCUT2D eigenvalue weighted by molar-refractivity contribution is -0.121. The minimum Gasteiger partial charge on any atom is -0.408 e. The number of aryl methyl sites for hydroxylation is 1. The normalized spacial score (nSPS) is 14.6. The predicted molar refractivity (Wildman–Crippen MR) is 78.1 cm³/mol. The Morgan fingerprint density at radius 2 is 2.23 bits per heavy atom. The van der Waals surface area contributed by atoms with Crippen molar-refractivity contribution in [1.29, 1.82) is 0 Å². The van der Waals surface area contributed by atoms with E-state index in [1.807, 2.05) is 0 Å². The van der Waals surface area contributed by atoms with E-state index in [0.717, 1.165) is 5.56 Å². The van der Waals surface area contributed by atoms with Gasteiger partial charge in [-0.25, -0.2) is 10.2 Å². The summed E-state index contributed by atoms with van der Waals surface area (Å²) in [6, 6.07) is 5.25. The van der Waals surface area contributed by atoms with Crippen LogP contribution in [-0.2, 0) is 23.2 Å². The number of oxazole rings is 1. The molecule has 22 heavy (non-hydrogen) atoms. The molecule has 0 saturated carbocycles. The van der Waals surface area contributed by atoms with Crippen LogP contribution in [0.4, 0.5) is 0 Å². The number of aromatic nitrogens is 1. The Morgan fingerprint density at radius 3 is 2.95 bits per heavy atom. The average molecular weight is 302 g/mol. The molecular weight excluding hydrogens is 288 g/mol. The summed E-state index contributed by atoms with van der Waals surface area (Å²) in [5, 5.41) is 6.47. The molecule has 0 bridgehead atoms. The molecule has 2 aromatic rings. The third kappa shape index (κ3) is 2.62. The van der Waals surface area contributed by atoms with Crippen molar-refractivity contribution < 1.29 is 14.0 Å². The van der Waals surface area contributed by atoms with Gasteiger partial charge in [0.2, 0.25) is 5.91 Å². The molecule has 2 amide bonds. The molecule has 0 unspecified atom stereocenters. The maximum atomic E-state index is 11.9. The fourth-order valence-corrected chi connectivity index (χ4v) is 2.20. The third-order valence-corrected chi connectivity index (χ3v) is 3.48. The van der Waals surface area contributed by atoms with Crippen LogP contribution in [0.1, 0.15) is 18.4 Å². The number of rotatable bonds is 3. The molecule has 8 heteroatoms. The van der Waals surface area contributed by atoms with E-state index in [0.29, 0.717) is 29.8 Å². The minimum absolute atomic E-state index is 0.192. The Balaban J connectivity index is 1.71. The maximum absolute atomic E-state index is 11.9. The third-order valence-electron chi connectivity index (χ3n) is 3.48. The van der Waals surface area contributed by atoms with Crippen LogP contribution in [0.5, 0.6) is 0 Å². The predicted octanol–water partition coefficient (Wildman–Crippen LogP) is 0.0137. The number of benzene rings is 1. The first-order valence-corrected chi connectivity index (χ1v) is 6.76. The van der Waals surface area contributed by atoms with E-state index < -0.39 is 5.76 Å². The molecule has 1 aromatic carbocycles. The summed E-state index contributed by atoms with van der Waals surface area (Å²) in [5.41, 5.74) is 4.58. The second-order valence-corrected chi connectivity index (χ2v) is 5.01. The highest BCUT2D eigenvalue weighted by molar-refractivity contribution is 6.39. The van der Waals surface area contributed by atoms with Crippen LogP contribution >= 0.6 is 0 Å². The Hall–Kier alpha value is -2.90. The molecule has 0 radical (unpaired) electrons. The first kappa shape index (κ1) is 14.1. The quantitative estimate of drug-likeness (QED) is 0.833. The second kappa shape index (κ2) is 5.47. The van der Waals surface area contributed by atoms with Gasteiger partial charge in [-0.1, -0.05) is 6.07 Å². The van der Waals surface area contributed by atoms with Gasteiger partial charge in [0, 0.05) is 26.4 Å². The Morgan fingerprint density at radius 1 is 1.41 bits per heavy atom. The average Bonchev–Trinajstić information content (AvgIpc) is 2.80. The van der Waals surface area contributed by atoms with Crippen LogP contribution in [0.15, 0.2) is 32.5 Å². The van der Waals surface area contributed by atoms with Crippen LogP contribution in [0.3, 0.4) is 0 Å². The van der Waals surface area contributed by atoms with Gasteiger partial charge < -0.3 is 9.73 Å². The van der Waals surface area contributed by atoms with Crippen molar-refractivity contribution >= 4 is 28.6 Å². The van der Waals surface area contributed by atoms with E-state index in [1.165, 1.54) is 4.57 Å². The molecule has 8 nitrogen and oxygen atoms in total. The zero-order valence-electron chi connectivity index (χ0n) is 11.9. The Labute approximate surface area is 124 Å². The van der Waals surface area contributed by atoms with Gasteiger partial charge in [-0.15, -0.1) is 0 Å². The first-order valence-electron chi connectivity index (χ1n) is 6.76. The van der Waals surface area contributed by atoms with Gasteiger partial charge in [-0.3, -0.25) is 14.2 Å². The van der Waals surface area contributed by atoms with Gasteiger partial charge in [0.25, 0.3) is 5.91 Å². The standard InChI is InChI=1S/C14H14N4O4/c1-18-10-6-8(2-4-11(10)22-14(18)21)7-15-13(20)9-3-5-12(19)17-16-9/h2,4,6H,3,5,7H2,1H3,(H,15,20)(H,17,19). The molecule has 114 valence electrons. The summed E-state index contributed by atoms with van der Waals surface area (Å²) in [6.07, 6.45) is 0.586. The smallest absolute Gasteiger partial charge is 0.408 e. The summed E-state index contributed by atoms with van der Waals surface area (Å²) in [7, 11) is 1.62. The summed E-state index contributed by atoms with van der Waals surface area (Å²) in [5.74, 6) is -0.937. The number of fused-ring (bicyclic) bond motifs is 1. The summed E-state index contributed by atoms with van der Waals surface area (Å²) >= 11 is 0. The molecule has 0 fully saturated rings. The van der Waals surface area contributed by atoms with E-state index in [9.17, 15) is 14.4 Å². The summed E-state index contributed by atoms with van der Waals surface area (Å²) in [6.45, 7) is 0.293. The van der Waals surface area contributed by atoms with E-state index in [-0.39, 0.29) is 18.2 Å². The lowest BCUT2D eigenvalue weighted by atomic mass is 10.1. The number of hydrogen-bond donors (Lipinski definition) is 2. The molecule has 0 aliphatic carbocycles. The highest BCUT2D eigenvalue weighted by Gasteiger charge is 2.18. The molecular formula is C14H14N4O4. The molecule has 2 N–H and O–H groups in total. The van der Waals surface area contributed by atoms with Crippen LogP contribution in [0.25, 0.3) is 11.1 Å². The van der Waals surface area contributed by atoms with Gasteiger partial charge in [0.1, 0.15) is 5.71 Å². The van der Waals surface area contributed by atoms with E-state index in [1.54, 1.807) is 25.2 Å². The fourth-order valence-electron chi connectivity index (χ4n) is 2.20. The number of amides is 2. The number of hydrogen-bond acceptors (Lipinski definition) is 5. The van der Waals surface area contributed by atoms with Crippen LogP contribution < -0.4 is 16.5 Å². The summed E-state index contributed by atoms with van der Waals surface area (Å²) < 4.78 is 6.45. The zero-order chi connectivity index (χ0) is 15.7. The van der Waals surface area contributed by atoms with E-state index in [2.05, 4.69) is 15.8 Å². The number of carbonyl (C=O) groups is 2. The highest BCUT2D eigenvalue weighted by Crippen LogP contribution is 2.14. The largest absolute Gasteiger partial charge is 0.419 e.